The lowest BCUT2D eigenvalue weighted by atomic mass is 10.1. The van der Waals surface area contributed by atoms with E-state index in [4.69, 9.17) is 4.74 Å². The van der Waals surface area contributed by atoms with Crippen molar-refractivity contribution in [3.8, 4) is 5.75 Å². The first-order valence-electron chi connectivity index (χ1n) is 9.62. The largest absolute Gasteiger partial charge is 0.483 e. The SMILES string of the molecule is CC(c1ccc(F)cc1)N1Cc2cc(NC(=O)Cc3cccs3)ccc2OCC1=O. The average molecular weight is 424 g/mol. The summed E-state index contributed by atoms with van der Waals surface area (Å²) in [7, 11) is 0. The van der Waals surface area contributed by atoms with E-state index in [1.807, 2.05) is 30.5 Å². The maximum absolute atomic E-state index is 13.3. The molecule has 0 aliphatic carbocycles. The third-order valence-electron chi connectivity index (χ3n) is 5.09. The van der Waals surface area contributed by atoms with E-state index in [2.05, 4.69) is 5.32 Å². The molecule has 3 aromatic rings. The van der Waals surface area contributed by atoms with Crippen LogP contribution in [0, 0.1) is 5.82 Å². The van der Waals surface area contributed by atoms with Gasteiger partial charge in [-0.05, 0) is 54.3 Å². The molecule has 0 fully saturated rings. The third-order valence-corrected chi connectivity index (χ3v) is 5.97. The van der Waals surface area contributed by atoms with E-state index in [0.717, 1.165) is 16.0 Å². The van der Waals surface area contributed by atoms with Gasteiger partial charge in [0.15, 0.2) is 6.61 Å². The number of hydrogen-bond acceptors (Lipinski definition) is 4. The molecule has 1 aliphatic rings. The lowest BCUT2D eigenvalue weighted by Crippen LogP contribution is -2.34. The van der Waals surface area contributed by atoms with Crippen molar-refractivity contribution < 1.29 is 18.7 Å². The predicted molar refractivity (Wildman–Crippen MR) is 114 cm³/mol. The minimum atomic E-state index is -0.315. The highest BCUT2D eigenvalue weighted by Crippen LogP contribution is 2.31. The van der Waals surface area contributed by atoms with Gasteiger partial charge in [0.1, 0.15) is 11.6 Å². The van der Waals surface area contributed by atoms with Crippen molar-refractivity contribution in [3.05, 3.63) is 81.8 Å². The Hall–Kier alpha value is -3.19. The molecule has 7 heteroatoms. The van der Waals surface area contributed by atoms with Crippen molar-refractivity contribution in [2.75, 3.05) is 11.9 Å². The van der Waals surface area contributed by atoms with Crippen molar-refractivity contribution in [2.45, 2.75) is 25.9 Å². The van der Waals surface area contributed by atoms with Crippen LogP contribution in [0.2, 0.25) is 0 Å². The number of nitrogens with one attached hydrogen (secondary N) is 1. The molecule has 0 bridgehead atoms. The highest BCUT2D eigenvalue weighted by Gasteiger charge is 2.27. The van der Waals surface area contributed by atoms with E-state index in [1.54, 1.807) is 40.5 Å². The van der Waals surface area contributed by atoms with Crippen LogP contribution in [0.25, 0.3) is 0 Å². The van der Waals surface area contributed by atoms with Gasteiger partial charge < -0.3 is 15.0 Å². The summed E-state index contributed by atoms with van der Waals surface area (Å²) >= 11 is 1.54. The Morgan fingerprint density at radius 2 is 2.03 bits per heavy atom. The number of amides is 2. The van der Waals surface area contributed by atoms with Crippen molar-refractivity contribution in [1.29, 1.82) is 0 Å². The van der Waals surface area contributed by atoms with E-state index < -0.39 is 0 Å². The molecule has 1 unspecified atom stereocenters. The first kappa shape index (κ1) is 20.1. The van der Waals surface area contributed by atoms with Gasteiger partial charge in [-0.15, -0.1) is 11.3 Å². The van der Waals surface area contributed by atoms with E-state index in [-0.39, 0.29) is 30.3 Å². The predicted octanol–water partition coefficient (Wildman–Crippen LogP) is 4.55. The average Bonchev–Trinajstić information content (AvgIpc) is 3.18. The summed E-state index contributed by atoms with van der Waals surface area (Å²) in [6, 6.07) is 15.1. The molecule has 5 nitrogen and oxygen atoms in total. The van der Waals surface area contributed by atoms with Gasteiger partial charge in [-0.25, -0.2) is 4.39 Å². The molecule has 2 aromatic carbocycles. The number of fused-ring (bicyclic) bond motifs is 1. The normalized spacial score (nSPS) is 14.5. The zero-order valence-corrected chi connectivity index (χ0v) is 17.2. The minimum absolute atomic E-state index is 0.0668. The van der Waals surface area contributed by atoms with E-state index in [9.17, 15) is 14.0 Å². The van der Waals surface area contributed by atoms with Crippen molar-refractivity contribution >= 4 is 28.8 Å². The van der Waals surface area contributed by atoms with E-state index in [0.29, 0.717) is 24.4 Å². The molecule has 2 heterocycles. The molecule has 0 saturated heterocycles. The molecule has 154 valence electrons. The van der Waals surface area contributed by atoms with Gasteiger partial charge in [-0.3, -0.25) is 9.59 Å². The summed E-state index contributed by atoms with van der Waals surface area (Å²) in [6.07, 6.45) is 0.317. The fraction of sp³-hybridized carbons (Fsp3) is 0.217. The topological polar surface area (TPSA) is 58.6 Å². The number of anilines is 1. The van der Waals surface area contributed by atoms with Crippen molar-refractivity contribution in [3.63, 3.8) is 0 Å². The summed E-state index contributed by atoms with van der Waals surface area (Å²) in [5.74, 6) is 0.0593. The van der Waals surface area contributed by atoms with E-state index >= 15 is 0 Å². The van der Waals surface area contributed by atoms with Gasteiger partial charge >= 0.3 is 0 Å². The molecular formula is C23H21FN2O3S. The van der Waals surface area contributed by atoms with Crippen LogP contribution in [-0.2, 0) is 22.6 Å². The maximum Gasteiger partial charge on any atom is 0.261 e. The summed E-state index contributed by atoms with van der Waals surface area (Å²) in [5.41, 5.74) is 2.31. The molecule has 30 heavy (non-hydrogen) atoms. The standard InChI is InChI=1S/C23H21FN2O3S/c1-15(16-4-6-18(24)7-5-16)26-13-17-11-19(8-9-21(17)29-14-23(26)28)25-22(27)12-20-3-2-10-30-20/h2-11,15H,12-14H2,1H3,(H,25,27). The van der Waals surface area contributed by atoms with E-state index in [1.165, 1.54) is 12.1 Å². The summed E-state index contributed by atoms with van der Waals surface area (Å²) in [5, 5.41) is 4.85. The Balaban J connectivity index is 1.52. The molecule has 0 radical (unpaired) electrons. The number of nitrogens with zero attached hydrogens (tertiary/aromatic N) is 1. The quantitative estimate of drug-likeness (QED) is 0.654. The van der Waals surface area contributed by atoms with Gasteiger partial charge in [0.2, 0.25) is 5.91 Å². The zero-order valence-electron chi connectivity index (χ0n) is 16.4. The van der Waals surface area contributed by atoms with Crippen LogP contribution in [0.1, 0.15) is 29.0 Å². The Labute approximate surface area is 178 Å². The highest BCUT2D eigenvalue weighted by molar-refractivity contribution is 7.10. The van der Waals surface area contributed by atoms with Crippen LogP contribution in [0.4, 0.5) is 10.1 Å². The van der Waals surface area contributed by atoms with Gasteiger partial charge in [0.05, 0.1) is 19.0 Å². The van der Waals surface area contributed by atoms with Crippen LogP contribution in [0.15, 0.2) is 60.0 Å². The van der Waals surface area contributed by atoms with Crippen molar-refractivity contribution in [2.24, 2.45) is 0 Å². The molecule has 1 aliphatic heterocycles. The van der Waals surface area contributed by atoms with Gasteiger partial charge in [-0.1, -0.05) is 18.2 Å². The number of halogens is 1. The van der Waals surface area contributed by atoms with Crippen LogP contribution in [0.5, 0.6) is 5.75 Å². The van der Waals surface area contributed by atoms with Crippen LogP contribution >= 0.6 is 11.3 Å². The number of ether oxygens (including phenoxy) is 1. The maximum atomic E-state index is 13.3. The Bertz CT molecular complexity index is 1050. The first-order chi connectivity index (χ1) is 14.5. The second-order valence-electron chi connectivity index (χ2n) is 7.16. The molecule has 1 aromatic heterocycles. The highest BCUT2D eigenvalue weighted by atomic mass is 32.1. The van der Waals surface area contributed by atoms with Crippen molar-refractivity contribution in [1.82, 2.24) is 4.90 Å². The number of rotatable bonds is 5. The summed E-state index contributed by atoms with van der Waals surface area (Å²) in [4.78, 5) is 27.7. The molecule has 1 N–H and O–H groups in total. The Kier molecular flexibility index (Phi) is 5.81. The molecule has 0 saturated carbocycles. The van der Waals surface area contributed by atoms with Gasteiger partial charge in [0, 0.05) is 16.1 Å². The molecular weight excluding hydrogens is 403 g/mol. The first-order valence-corrected chi connectivity index (χ1v) is 10.5. The van der Waals surface area contributed by atoms with Crippen LogP contribution < -0.4 is 10.1 Å². The second-order valence-corrected chi connectivity index (χ2v) is 8.20. The fourth-order valence-corrected chi connectivity index (χ4v) is 4.17. The molecule has 0 spiro atoms. The number of hydrogen-bond donors (Lipinski definition) is 1. The second kappa shape index (κ2) is 8.67. The molecule has 1 atom stereocenters. The molecule has 4 rings (SSSR count). The number of thiophene rings is 1. The summed E-state index contributed by atoms with van der Waals surface area (Å²) < 4.78 is 18.9. The van der Waals surface area contributed by atoms with Gasteiger partial charge in [0.25, 0.3) is 5.91 Å². The monoisotopic (exact) mass is 424 g/mol. The minimum Gasteiger partial charge on any atom is -0.483 e. The lowest BCUT2D eigenvalue weighted by Gasteiger charge is -2.28. The Morgan fingerprint density at radius 1 is 1.23 bits per heavy atom. The number of benzene rings is 2. The smallest absolute Gasteiger partial charge is 0.261 e. The fourth-order valence-electron chi connectivity index (χ4n) is 3.47. The number of carbonyl (C=O) groups excluding carboxylic acids is 2. The molecule has 2 amide bonds. The summed E-state index contributed by atoms with van der Waals surface area (Å²) in [6.45, 7) is 2.17. The van der Waals surface area contributed by atoms with Crippen LogP contribution in [0.3, 0.4) is 0 Å². The lowest BCUT2D eigenvalue weighted by molar-refractivity contribution is -0.135. The number of carbonyl (C=O) groups is 2. The van der Waals surface area contributed by atoms with Crippen LogP contribution in [-0.4, -0.2) is 23.3 Å². The third kappa shape index (κ3) is 4.52. The van der Waals surface area contributed by atoms with Gasteiger partial charge in [-0.2, -0.15) is 0 Å². The Morgan fingerprint density at radius 3 is 2.77 bits per heavy atom. The zero-order chi connectivity index (χ0) is 21.1.